The largest absolute Gasteiger partial charge is 0.480 e. The van der Waals surface area contributed by atoms with Gasteiger partial charge < -0.3 is 5.11 Å². The van der Waals surface area contributed by atoms with E-state index >= 15 is 0 Å². The Morgan fingerprint density at radius 2 is 1.90 bits per heavy atom. The molecule has 1 unspecified atom stereocenters. The number of carbonyl (C=O) groups is 1. The Morgan fingerprint density at radius 1 is 1.19 bits per heavy atom. The van der Waals surface area contributed by atoms with Crippen molar-refractivity contribution in [2.24, 2.45) is 0 Å². The van der Waals surface area contributed by atoms with Crippen molar-refractivity contribution in [3.63, 3.8) is 0 Å². The van der Waals surface area contributed by atoms with Gasteiger partial charge in [0.25, 0.3) is 0 Å². The van der Waals surface area contributed by atoms with Crippen molar-refractivity contribution in [1.29, 1.82) is 0 Å². The van der Waals surface area contributed by atoms with Gasteiger partial charge in [-0.3, -0.25) is 4.79 Å². The van der Waals surface area contributed by atoms with E-state index in [4.69, 9.17) is 0 Å². The number of hydrogen-bond donors (Lipinski definition) is 1. The summed E-state index contributed by atoms with van der Waals surface area (Å²) in [4.78, 5) is 16.1. The highest BCUT2D eigenvalue weighted by Crippen LogP contribution is 2.39. The molecule has 2 aromatic carbocycles. The number of thioether (sulfide) groups is 1. The summed E-state index contributed by atoms with van der Waals surface area (Å²) < 4.78 is 1.86. The Labute approximate surface area is 130 Å². The maximum atomic E-state index is 11.6. The zero-order valence-corrected chi connectivity index (χ0v) is 12.9. The summed E-state index contributed by atoms with van der Waals surface area (Å²) in [5, 5.41) is 8.86. The van der Waals surface area contributed by atoms with Crippen molar-refractivity contribution >= 4 is 39.3 Å². The molecule has 0 fully saturated rings. The molecule has 0 bridgehead atoms. The molecule has 0 spiro atoms. The van der Waals surface area contributed by atoms with Crippen LogP contribution in [-0.4, -0.2) is 16.1 Å². The standard InChI is InChI=1S/C16H13NO2S2/c1-10-6-8-11(9-7-10)14(15(18)19)21-16-17-12-4-2-3-5-13(12)20-16/h2-9,14H,1H3,(H,18,19). The molecule has 0 radical (unpaired) electrons. The average molecular weight is 315 g/mol. The number of rotatable bonds is 4. The van der Waals surface area contributed by atoms with Crippen molar-refractivity contribution in [2.75, 3.05) is 0 Å². The van der Waals surface area contributed by atoms with E-state index in [-0.39, 0.29) is 0 Å². The summed E-state index contributed by atoms with van der Waals surface area (Å²) in [6, 6.07) is 15.4. The molecule has 0 saturated carbocycles. The molecule has 0 saturated heterocycles. The Kier molecular flexibility index (Phi) is 3.94. The Bertz CT molecular complexity index is 747. The molecule has 5 heteroatoms. The van der Waals surface area contributed by atoms with Gasteiger partial charge in [-0.25, -0.2) is 4.98 Å². The van der Waals surface area contributed by atoms with Gasteiger partial charge in [-0.05, 0) is 24.6 Å². The fourth-order valence-electron chi connectivity index (χ4n) is 2.00. The molecule has 1 aromatic heterocycles. The first-order chi connectivity index (χ1) is 10.1. The van der Waals surface area contributed by atoms with E-state index in [2.05, 4.69) is 4.98 Å². The van der Waals surface area contributed by atoms with E-state index in [1.54, 1.807) is 0 Å². The van der Waals surface area contributed by atoms with Crippen LogP contribution in [0.4, 0.5) is 0 Å². The van der Waals surface area contributed by atoms with Crippen LogP contribution in [0, 0.1) is 6.92 Å². The van der Waals surface area contributed by atoms with E-state index in [1.165, 1.54) is 23.1 Å². The van der Waals surface area contributed by atoms with Crippen molar-refractivity contribution < 1.29 is 9.90 Å². The maximum Gasteiger partial charge on any atom is 0.321 e. The lowest BCUT2D eigenvalue weighted by atomic mass is 10.1. The third-order valence-electron chi connectivity index (χ3n) is 3.10. The Morgan fingerprint density at radius 3 is 2.57 bits per heavy atom. The predicted molar refractivity (Wildman–Crippen MR) is 87.0 cm³/mol. The van der Waals surface area contributed by atoms with Crippen molar-refractivity contribution in [2.45, 2.75) is 16.5 Å². The van der Waals surface area contributed by atoms with Crippen LogP contribution in [0.25, 0.3) is 10.2 Å². The zero-order valence-electron chi connectivity index (χ0n) is 11.3. The highest BCUT2D eigenvalue weighted by Gasteiger charge is 2.22. The van der Waals surface area contributed by atoms with E-state index in [0.29, 0.717) is 0 Å². The fourth-order valence-corrected chi connectivity index (χ4v) is 4.20. The molecule has 1 heterocycles. The molecule has 3 rings (SSSR count). The van der Waals surface area contributed by atoms with Crippen LogP contribution in [0.3, 0.4) is 0 Å². The molecule has 0 aliphatic heterocycles. The first kappa shape index (κ1) is 14.1. The number of hydrogen-bond acceptors (Lipinski definition) is 4. The Hall–Kier alpha value is -1.85. The summed E-state index contributed by atoms with van der Waals surface area (Å²) >= 11 is 2.82. The van der Waals surface area contributed by atoms with Crippen LogP contribution in [0.15, 0.2) is 52.9 Å². The van der Waals surface area contributed by atoms with Gasteiger partial charge in [-0.1, -0.05) is 53.7 Å². The number of aromatic nitrogens is 1. The molecule has 1 N–H and O–H groups in total. The van der Waals surface area contributed by atoms with E-state index in [9.17, 15) is 9.90 Å². The first-order valence-electron chi connectivity index (χ1n) is 6.45. The predicted octanol–water partition coefficient (Wildman–Crippen LogP) is 4.52. The van der Waals surface area contributed by atoms with Crippen LogP contribution in [-0.2, 0) is 4.79 Å². The third kappa shape index (κ3) is 3.09. The Balaban J connectivity index is 1.91. The third-order valence-corrected chi connectivity index (χ3v) is 5.47. The molecule has 0 amide bonds. The van der Waals surface area contributed by atoms with Crippen LogP contribution in [0.1, 0.15) is 16.4 Å². The number of thiazole rings is 1. The van der Waals surface area contributed by atoms with Crippen LogP contribution in [0.5, 0.6) is 0 Å². The molecule has 0 aliphatic rings. The molecule has 0 aliphatic carbocycles. The minimum Gasteiger partial charge on any atom is -0.480 e. The quantitative estimate of drug-likeness (QED) is 0.719. The molecule has 1 atom stereocenters. The van der Waals surface area contributed by atoms with Crippen molar-refractivity contribution in [3.8, 4) is 0 Å². The summed E-state index contributed by atoms with van der Waals surface area (Å²) in [6.07, 6.45) is 0. The number of fused-ring (bicyclic) bond motifs is 1. The molecule has 21 heavy (non-hydrogen) atoms. The van der Waals surface area contributed by atoms with Gasteiger partial charge in [-0.15, -0.1) is 11.3 Å². The fraction of sp³-hybridized carbons (Fsp3) is 0.125. The minimum absolute atomic E-state index is 0.633. The van der Waals surface area contributed by atoms with E-state index in [0.717, 1.165) is 25.7 Å². The molecular weight excluding hydrogens is 302 g/mol. The highest BCUT2D eigenvalue weighted by atomic mass is 32.2. The van der Waals surface area contributed by atoms with Gasteiger partial charge >= 0.3 is 5.97 Å². The average Bonchev–Trinajstić information content (AvgIpc) is 2.88. The first-order valence-corrected chi connectivity index (χ1v) is 8.15. The lowest BCUT2D eigenvalue weighted by molar-refractivity contribution is -0.136. The van der Waals surface area contributed by atoms with Crippen LogP contribution < -0.4 is 0 Å². The monoisotopic (exact) mass is 315 g/mol. The number of para-hydroxylation sites is 1. The number of carboxylic acid groups (broad SMARTS) is 1. The second kappa shape index (κ2) is 5.87. The number of nitrogens with zero attached hydrogens (tertiary/aromatic N) is 1. The lowest BCUT2D eigenvalue weighted by Crippen LogP contribution is -2.07. The van der Waals surface area contributed by atoms with Crippen LogP contribution in [0.2, 0.25) is 0 Å². The number of benzene rings is 2. The smallest absolute Gasteiger partial charge is 0.321 e. The summed E-state index contributed by atoms with van der Waals surface area (Å²) in [7, 11) is 0. The number of aliphatic carboxylic acids is 1. The second-order valence-electron chi connectivity index (χ2n) is 4.69. The summed E-state index contributed by atoms with van der Waals surface area (Å²) in [5.74, 6) is -0.844. The minimum atomic E-state index is -0.844. The number of carboxylic acids is 1. The van der Waals surface area contributed by atoms with E-state index in [1.807, 2.05) is 55.5 Å². The van der Waals surface area contributed by atoms with Gasteiger partial charge in [0, 0.05) is 0 Å². The summed E-state index contributed by atoms with van der Waals surface area (Å²) in [5.41, 5.74) is 2.82. The second-order valence-corrected chi connectivity index (χ2v) is 7.08. The topological polar surface area (TPSA) is 50.2 Å². The zero-order chi connectivity index (χ0) is 14.8. The molecule has 106 valence electrons. The van der Waals surface area contributed by atoms with E-state index < -0.39 is 11.2 Å². The maximum absolute atomic E-state index is 11.6. The lowest BCUT2D eigenvalue weighted by Gasteiger charge is -2.10. The molecule has 3 nitrogen and oxygen atoms in total. The highest BCUT2D eigenvalue weighted by molar-refractivity contribution is 8.02. The SMILES string of the molecule is Cc1ccc(C(Sc2nc3ccccc3s2)C(=O)O)cc1. The van der Waals surface area contributed by atoms with Crippen molar-refractivity contribution in [1.82, 2.24) is 4.98 Å². The van der Waals surface area contributed by atoms with Crippen molar-refractivity contribution in [3.05, 3.63) is 59.7 Å². The van der Waals surface area contributed by atoms with Gasteiger partial charge in [0.15, 0.2) is 4.34 Å². The molecule has 3 aromatic rings. The van der Waals surface area contributed by atoms with Gasteiger partial charge in [0.05, 0.1) is 10.2 Å². The summed E-state index contributed by atoms with van der Waals surface area (Å²) in [6.45, 7) is 1.99. The van der Waals surface area contributed by atoms with Gasteiger partial charge in [-0.2, -0.15) is 0 Å². The normalized spacial score (nSPS) is 12.4. The molecular formula is C16H13NO2S2. The number of aryl methyl sites for hydroxylation is 1. The van der Waals surface area contributed by atoms with Gasteiger partial charge in [0.1, 0.15) is 5.25 Å². The van der Waals surface area contributed by atoms with Gasteiger partial charge in [0.2, 0.25) is 0 Å². The van der Waals surface area contributed by atoms with Crippen LogP contribution >= 0.6 is 23.1 Å².